The molecule has 0 atom stereocenters. The van der Waals surface area contributed by atoms with E-state index in [9.17, 15) is 4.79 Å². The highest BCUT2D eigenvalue weighted by Gasteiger charge is 2.02. The molecule has 0 radical (unpaired) electrons. The van der Waals surface area contributed by atoms with Crippen molar-refractivity contribution in [3.63, 3.8) is 0 Å². The maximum atomic E-state index is 11.6. The molecule has 0 heterocycles. The van der Waals surface area contributed by atoms with Crippen molar-refractivity contribution in [2.45, 2.75) is 20.3 Å². The van der Waals surface area contributed by atoms with Crippen LogP contribution in [0.3, 0.4) is 0 Å². The molecule has 110 valence electrons. The molecular weight excluding hydrogens is 272 g/mol. The fourth-order valence-corrected chi connectivity index (χ4v) is 2.08. The molecule has 2 N–H and O–H groups in total. The Morgan fingerprint density at radius 1 is 1.25 bits per heavy atom. The second-order valence-corrected chi connectivity index (χ2v) is 5.17. The van der Waals surface area contributed by atoms with Crippen molar-refractivity contribution < 1.29 is 9.69 Å². The Kier molecular flexibility index (Phi) is 8.00. The van der Waals surface area contributed by atoms with Gasteiger partial charge in [0.25, 0.3) is 0 Å². The molecule has 0 fully saturated rings. The first-order valence-corrected chi connectivity index (χ1v) is 7.58. The van der Waals surface area contributed by atoms with E-state index in [1.54, 1.807) is 17.1 Å². The minimum Gasteiger partial charge on any atom is -0.352 e. The van der Waals surface area contributed by atoms with Crippen LogP contribution in [0.5, 0.6) is 0 Å². The Labute approximate surface area is 126 Å². The van der Waals surface area contributed by atoms with Gasteiger partial charge in [-0.3, -0.25) is 4.79 Å². The van der Waals surface area contributed by atoms with Gasteiger partial charge in [0.1, 0.15) is 0 Å². The monoisotopic (exact) mass is 295 g/mol. The van der Waals surface area contributed by atoms with Crippen LogP contribution >= 0.6 is 11.6 Å². The fourth-order valence-electron chi connectivity index (χ4n) is 1.96. The summed E-state index contributed by atoms with van der Waals surface area (Å²) in [6.45, 7) is 8.49. The molecule has 1 aromatic carbocycles. The molecule has 0 bridgehead atoms. The lowest BCUT2D eigenvalue weighted by Crippen LogP contribution is -3.11. The number of halogens is 1. The van der Waals surface area contributed by atoms with Gasteiger partial charge in [-0.15, -0.1) is 0 Å². The summed E-state index contributed by atoms with van der Waals surface area (Å²) in [6.07, 6.45) is 4.37. The van der Waals surface area contributed by atoms with Crippen LogP contribution in [0.1, 0.15) is 25.8 Å². The van der Waals surface area contributed by atoms with Crippen LogP contribution in [0, 0.1) is 0 Å². The average molecular weight is 296 g/mol. The van der Waals surface area contributed by atoms with E-state index in [0.29, 0.717) is 5.02 Å². The summed E-state index contributed by atoms with van der Waals surface area (Å²) < 4.78 is 0. The fraction of sp³-hybridized carbons (Fsp3) is 0.438. The third-order valence-electron chi connectivity index (χ3n) is 3.30. The standard InChI is InChI=1S/C16H23ClN2O/c1-3-19(4-2)13-5-12-18-16(20)11-8-14-6-9-15(17)10-7-14/h6-11H,3-5,12-13H2,1-2H3,(H,18,20)/p+1/b11-8+. The molecule has 0 saturated carbocycles. The Hall–Kier alpha value is -1.32. The summed E-state index contributed by atoms with van der Waals surface area (Å²) in [4.78, 5) is 13.2. The van der Waals surface area contributed by atoms with E-state index in [1.165, 1.54) is 0 Å². The van der Waals surface area contributed by atoms with E-state index >= 15 is 0 Å². The van der Waals surface area contributed by atoms with Crippen LogP contribution in [0.2, 0.25) is 5.02 Å². The molecule has 1 amide bonds. The maximum Gasteiger partial charge on any atom is 0.244 e. The highest BCUT2D eigenvalue weighted by molar-refractivity contribution is 6.30. The van der Waals surface area contributed by atoms with Crippen molar-refractivity contribution in [1.29, 1.82) is 0 Å². The molecular formula is C16H24ClN2O+. The minimum absolute atomic E-state index is 0.0468. The molecule has 0 spiro atoms. The predicted molar refractivity (Wildman–Crippen MR) is 85.0 cm³/mol. The molecule has 0 unspecified atom stereocenters. The van der Waals surface area contributed by atoms with Crippen LogP contribution in [0.15, 0.2) is 30.3 Å². The molecule has 0 aliphatic carbocycles. The third kappa shape index (κ3) is 6.73. The number of carbonyl (C=O) groups is 1. The lowest BCUT2D eigenvalue weighted by Gasteiger charge is -2.14. The highest BCUT2D eigenvalue weighted by atomic mass is 35.5. The van der Waals surface area contributed by atoms with E-state index in [4.69, 9.17) is 11.6 Å². The summed E-state index contributed by atoms with van der Waals surface area (Å²) in [5.41, 5.74) is 0.970. The summed E-state index contributed by atoms with van der Waals surface area (Å²) >= 11 is 5.80. The average Bonchev–Trinajstić information content (AvgIpc) is 2.47. The number of amides is 1. The molecule has 0 saturated heterocycles. The van der Waals surface area contributed by atoms with Crippen LogP contribution in [-0.2, 0) is 4.79 Å². The zero-order valence-corrected chi connectivity index (χ0v) is 13.0. The summed E-state index contributed by atoms with van der Waals surface area (Å²) in [6, 6.07) is 7.39. The zero-order chi connectivity index (χ0) is 14.8. The van der Waals surface area contributed by atoms with Crippen molar-refractivity contribution in [3.8, 4) is 0 Å². The Morgan fingerprint density at radius 2 is 1.90 bits per heavy atom. The van der Waals surface area contributed by atoms with Gasteiger partial charge in [0.15, 0.2) is 0 Å². The number of hydrogen-bond donors (Lipinski definition) is 2. The van der Waals surface area contributed by atoms with Gasteiger partial charge in [-0.05, 0) is 37.6 Å². The van der Waals surface area contributed by atoms with Gasteiger partial charge in [-0.2, -0.15) is 0 Å². The maximum absolute atomic E-state index is 11.6. The summed E-state index contributed by atoms with van der Waals surface area (Å²) in [5.74, 6) is -0.0468. The van der Waals surface area contributed by atoms with E-state index < -0.39 is 0 Å². The highest BCUT2D eigenvalue weighted by Crippen LogP contribution is 2.10. The number of nitrogens with one attached hydrogen (secondary N) is 2. The quantitative estimate of drug-likeness (QED) is 0.556. The van der Waals surface area contributed by atoms with Crippen LogP contribution in [0.25, 0.3) is 6.08 Å². The van der Waals surface area contributed by atoms with Gasteiger partial charge in [0.05, 0.1) is 19.6 Å². The van der Waals surface area contributed by atoms with Gasteiger partial charge in [0.2, 0.25) is 5.91 Å². The van der Waals surface area contributed by atoms with Gasteiger partial charge >= 0.3 is 0 Å². The van der Waals surface area contributed by atoms with Gasteiger partial charge < -0.3 is 10.2 Å². The van der Waals surface area contributed by atoms with Gasteiger partial charge in [0, 0.05) is 24.1 Å². The molecule has 20 heavy (non-hydrogen) atoms. The second-order valence-electron chi connectivity index (χ2n) is 4.74. The molecule has 0 aliphatic rings. The Bertz CT molecular complexity index is 425. The predicted octanol–water partition coefficient (Wildman–Crippen LogP) is 1.78. The lowest BCUT2D eigenvalue weighted by molar-refractivity contribution is -0.896. The smallest absolute Gasteiger partial charge is 0.244 e. The van der Waals surface area contributed by atoms with E-state index in [2.05, 4.69) is 19.2 Å². The van der Waals surface area contributed by atoms with Crippen molar-refractivity contribution in [2.24, 2.45) is 0 Å². The second kappa shape index (κ2) is 9.56. The molecule has 3 nitrogen and oxygen atoms in total. The summed E-state index contributed by atoms with van der Waals surface area (Å²) in [5, 5.41) is 3.60. The number of carbonyl (C=O) groups excluding carboxylic acids is 1. The SMILES string of the molecule is CC[NH+](CC)CCCNC(=O)/C=C/c1ccc(Cl)cc1. The van der Waals surface area contributed by atoms with E-state index in [1.807, 2.05) is 24.3 Å². The molecule has 0 aliphatic heterocycles. The van der Waals surface area contributed by atoms with Crippen molar-refractivity contribution in [1.82, 2.24) is 5.32 Å². The first kappa shape index (κ1) is 16.7. The lowest BCUT2D eigenvalue weighted by atomic mass is 10.2. The molecule has 0 aromatic heterocycles. The number of benzene rings is 1. The molecule has 1 aromatic rings. The first-order valence-electron chi connectivity index (χ1n) is 7.20. The third-order valence-corrected chi connectivity index (χ3v) is 3.56. The molecule has 1 rings (SSSR count). The Morgan fingerprint density at radius 3 is 2.50 bits per heavy atom. The molecule has 4 heteroatoms. The Balaban J connectivity index is 2.24. The largest absolute Gasteiger partial charge is 0.352 e. The minimum atomic E-state index is -0.0468. The number of rotatable bonds is 8. The first-order chi connectivity index (χ1) is 9.65. The van der Waals surface area contributed by atoms with Crippen LogP contribution < -0.4 is 10.2 Å². The number of quaternary nitrogens is 1. The van der Waals surface area contributed by atoms with Crippen molar-refractivity contribution >= 4 is 23.6 Å². The van der Waals surface area contributed by atoms with Gasteiger partial charge in [-0.1, -0.05) is 23.7 Å². The topological polar surface area (TPSA) is 33.5 Å². The van der Waals surface area contributed by atoms with Crippen molar-refractivity contribution in [2.75, 3.05) is 26.2 Å². The van der Waals surface area contributed by atoms with E-state index in [-0.39, 0.29) is 5.91 Å². The van der Waals surface area contributed by atoms with E-state index in [0.717, 1.165) is 38.2 Å². The number of hydrogen-bond acceptors (Lipinski definition) is 1. The van der Waals surface area contributed by atoms with Crippen LogP contribution in [-0.4, -0.2) is 32.1 Å². The normalized spacial score (nSPS) is 11.2. The van der Waals surface area contributed by atoms with Crippen LogP contribution in [0.4, 0.5) is 0 Å². The summed E-state index contributed by atoms with van der Waals surface area (Å²) in [7, 11) is 0. The zero-order valence-electron chi connectivity index (χ0n) is 12.3. The van der Waals surface area contributed by atoms with Crippen molar-refractivity contribution in [3.05, 3.63) is 40.9 Å². The van der Waals surface area contributed by atoms with Gasteiger partial charge in [-0.25, -0.2) is 0 Å².